The molecular formula is C13H14N4O2. The molecule has 1 aliphatic heterocycles. The van der Waals surface area contributed by atoms with Gasteiger partial charge in [0.05, 0.1) is 11.4 Å². The number of pyridine rings is 1. The van der Waals surface area contributed by atoms with E-state index in [0.29, 0.717) is 18.5 Å². The van der Waals surface area contributed by atoms with Crippen LogP contribution >= 0.6 is 0 Å². The van der Waals surface area contributed by atoms with Crippen LogP contribution in [-0.4, -0.2) is 27.2 Å². The molecule has 1 saturated heterocycles. The summed E-state index contributed by atoms with van der Waals surface area (Å²) in [5.74, 6) is -0.247. The van der Waals surface area contributed by atoms with Gasteiger partial charge < -0.3 is 15.0 Å². The van der Waals surface area contributed by atoms with Crippen LogP contribution in [0.25, 0.3) is 5.65 Å². The van der Waals surface area contributed by atoms with Crippen LogP contribution in [0.3, 0.4) is 0 Å². The Balaban J connectivity index is 1.77. The minimum Gasteiger partial charge on any atom is -0.344 e. The molecule has 3 heterocycles. The fraction of sp³-hybridized carbons (Fsp3) is 0.308. The first kappa shape index (κ1) is 11.7. The quantitative estimate of drug-likeness (QED) is 0.839. The van der Waals surface area contributed by atoms with E-state index in [1.807, 2.05) is 29.8 Å². The number of fused-ring (bicyclic) bond motifs is 1. The van der Waals surface area contributed by atoms with E-state index in [9.17, 15) is 9.59 Å². The number of hydrogen-bond donors (Lipinski definition) is 2. The maximum atomic E-state index is 12.0. The lowest BCUT2D eigenvalue weighted by molar-refractivity contribution is -0.122. The zero-order chi connectivity index (χ0) is 13.4. The van der Waals surface area contributed by atoms with Crippen molar-refractivity contribution in [2.24, 2.45) is 0 Å². The van der Waals surface area contributed by atoms with E-state index in [1.165, 1.54) is 0 Å². The number of anilines is 1. The van der Waals surface area contributed by atoms with Gasteiger partial charge in [-0.05, 0) is 25.5 Å². The Morgan fingerprint density at radius 1 is 1.47 bits per heavy atom. The number of rotatable bonds is 2. The van der Waals surface area contributed by atoms with Crippen LogP contribution in [-0.2, 0) is 9.59 Å². The number of amides is 2. The number of nitrogens with one attached hydrogen (secondary N) is 2. The van der Waals surface area contributed by atoms with E-state index in [1.54, 1.807) is 6.07 Å². The largest absolute Gasteiger partial charge is 0.344 e. The summed E-state index contributed by atoms with van der Waals surface area (Å²) in [4.78, 5) is 27.3. The standard InChI is InChI=1S/C13H14N4O2/c1-8-6-17-7-9(2-4-11(17)14-8)15-13(19)10-3-5-12(18)16-10/h2,4,6-7,10H,3,5H2,1H3,(H,15,19)(H,16,18). The van der Waals surface area contributed by atoms with Gasteiger partial charge >= 0.3 is 0 Å². The van der Waals surface area contributed by atoms with Crippen LogP contribution < -0.4 is 10.6 Å². The Morgan fingerprint density at radius 2 is 2.32 bits per heavy atom. The molecule has 1 aliphatic rings. The van der Waals surface area contributed by atoms with Gasteiger partial charge in [0, 0.05) is 18.8 Å². The molecule has 3 rings (SSSR count). The molecule has 6 nitrogen and oxygen atoms in total. The summed E-state index contributed by atoms with van der Waals surface area (Å²) in [5, 5.41) is 5.45. The predicted octanol–water partition coefficient (Wildman–Crippen LogP) is 0.860. The van der Waals surface area contributed by atoms with E-state index >= 15 is 0 Å². The van der Waals surface area contributed by atoms with Crippen molar-refractivity contribution in [2.75, 3.05) is 5.32 Å². The van der Waals surface area contributed by atoms with Crippen molar-refractivity contribution < 1.29 is 9.59 Å². The number of carbonyl (C=O) groups is 2. The summed E-state index contributed by atoms with van der Waals surface area (Å²) in [6.45, 7) is 1.92. The molecule has 6 heteroatoms. The molecular weight excluding hydrogens is 244 g/mol. The first-order valence-corrected chi connectivity index (χ1v) is 6.17. The molecule has 0 bridgehead atoms. The van der Waals surface area contributed by atoms with Crippen LogP contribution in [0, 0.1) is 6.92 Å². The summed E-state index contributed by atoms with van der Waals surface area (Å²) in [7, 11) is 0. The highest BCUT2D eigenvalue weighted by molar-refractivity contribution is 5.98. The maximum absolute atomic E-state index is 12.0. The highest BCUT2D eigenvalue weighted by Gasteiger charge is 2.27. The van der Waals surface area contributed by atoms with Gasteiger partial charge in [-0.3, -0.25) is 9.59 Å². The molecule has 2 amide bonds. The van der Waals surface area contributed by atoms with E-state index < -0.39 is 6.04 Å². The van der Waals surface area contributed by atoms with Gasteiger partial charge in [-0.25, -0.2) is 4.98 Å². The maximum Gasteiger partial charge on any atom is 0.247 e. The Kier molecular flexibility index (Phi) is 2.70. The van der Waals surface area contributed by atoms with Gasteiger partial charge in [0.15, 0.2) is 0 Å². The number of aryl methyl sites for hydroxylation is 1. The Labute approximate surface area is 109 Å². The van der Waals surface area contributed by atoms with Crippen molar-refractivity contribution in [3.63, 3.8) is 0 Å². The minimum atomic E-state index is -0.423. The molecule has 19 heavy (non-hydrogen) atoms. The monoisotopic (exact) mass is 258 g/mol. The molecule has 0 spiro atoms. The van der Waals surface area contributed by atoms with Crippen molar-refractivity contribution in [3.8, 4) is 0 Å². The molecule has 2 N–H and O–H groups in total. The molecule has 0 saturated carbocycles. The number of aromatic nitrogens is 2. The smallest absolute Gasteiger partial charge is 0.247 e. The Bertz CT molecular complexity index is 662. The molecule has 1 unspecified atom stereocenters. The Morgan fingerprint density at radius 3 is 3.05 bits per heavy atom. The molecule has 2 aromatic rings. The average Bonchev–Trinajstić information content (AvgIpc) is 2.93. The summed E-state index contributed by atoms with van der Waals surface area (Å²) < 4.78 is 1.86. The predicted molar refractivity (Wildman–Crippen MR) is 69.7 cm³/mol. The van der Waals surface area contributed by atoms with Crippen LogP contribution in [0.1, 0.15) is 18.5 Å². The molecule has 1 fully saturated rings. The highest BCUT2D eigenvalue weighted by atomic mass is 16.2. The molecule has 98 valence electrons. The van der Waals surface area contributed by atoms with E-state index in [0.717, 1.165) is 11.3 Å². The summed E-state index contributed by atoms with van der Waals surface area (Å²) in [6.07, 6.45) is 4.67. The molecule has 1 atom stereocenters. The first-order chi connectivity index (χ1) is 9.11. The highest BCUT2D eigenvalue weighted by Crippen LogP contribution is 2.14. The van der Waals surface area contributed by atoms with Crippen molar-refractivity contribution in [2.45, 2.75) is 25.8 Å². The van der Waals surface area contributed by atoms with Crippen LogP contribution in [0.15, 0.2) is 24.5 Å². The van der Waals surface area contributed by atoms with Crippen LogP contribution in [0.2, 0.25) is 0 Å². The fourth-order valence-corrected chi connectivity index (χ4v) is 2.23. The second-order valence-corrected chi connectivity index (χ2v) is 4.71. The number of imidazole rings is 1. The Hall–Kier alpha value is -2.37. The fourth-order valence-electron chi connectivity index (χ4n) is 2.23. The molecule has 2 aromatic heterocycles. The van der Waals surface area contributed by atoms with Gasteiger partial charge in [0.2, 0.25) is 11.8 Å². The summed E-state index contributed by atoms with van der Waals surface area (Å²) in [5.41, 5.74) is 2.45. The van der Waals surface area contributed by atoms with Crippen molar-refractivity contribution in [3.05, 3.63) is 30.2 Å². The van der Waals surface area contributed by atoms with Gasteiger partial charge in [-0.15, -0.1) is 0 Å². The van der Waals surface area contributed by atoms with Crippen molar-refractivity contribution in [1.29, 1.82) is 0 Å². The van der Waals surface area contributed by atoms with Gasteiger partial charge in [0.25, 0.3) is 0 Å². The van der Waals surface area contributed by atoms with Crippen LogP contribution in [0.4, 0.5) is 5.69 Å². The van der Waals surface area contributed by atoms with Gasteiger partial charge in [-0.1, -0.05) is 0 Å². The number of carbonyl (C=O) groups excluding carboxylic acids is 2. The lowest BCUT2D eigenvalue weighted by Crippen LogP contribution is -2.37. The first-order valence-electron chi connectivity index (χ1n) is 6.17. The lowest BCUT2D eigenvalue weighted by Gasteiger charge is -2.10. The number of nitrogens with zero attached hydrogens (tertiary/aromatic N) is 2. The van der Waals surface area contributed by atoms with E-state index in [4.69, 9.17) is 0 Å². The average molecular weight is 258 g/mol. The second-order valence-electron chi connectivity index (χ2n) is 4.71. The van der Waals surface area contributed by atoms with Gasteiger partial charge in [0.1, 0.15) is 11.7 Å². The van der Waals surface area contributed by atoms with Crippen molar-refractivity contribution in [1.82, 2.24) is 14.7 Å². The zero-order valence-electron chi connectivity index (χ0n) is 10.5. The molecule has 0 radical (unpaired) electrons. The third-order valence-corrected chi connectivity index (χ3v) is 3.15. The van der Waals surface area contributed by atoms with Gasteiger partial charge in [-0.2, -0.15) is 0 Å². The molecule has 0 aromatic carbocycles. The minimum absolute atomic E-state index is 0.0687. The van der Waals surface area contributed by atoms with E-state index in [-0.39, 0.29) is 11.8 Å². The zero-order valence-corrected chi connectivity index (χ0v) is 10.5. The summed E-state index contributed by atoms with van der Waals surface area (Å²) in [6, 6.07) is 3.22. The normalized spacial score (nSPS) is 18.6. The summed E-state index contributed by atoms with van der Waals surface area (Å²) >= 11 is 0. The third-order valence-electron chi connectivity index (χ3n) is 3.15. The van der Waals surface area contributed by atoms with E-state index in [2.05, 4.69) is 15.6 Å². The SMILES string of the molecule is Cc1cn2cc(NC(=O)C3CCC(=O)N3)ccc2n1. The lowest BCUT2D eigenvalue weighted by atomic mass is 10.2. The molecule has 0 aliphatic carbocycles. The topological polar surface area (TPSA) is 75.5 Å². The third kappa shape index (κ3) is 2.29. The second kappa shape index (κ2) is 4.38. The number of hydrogen-bond acceptors (Lipinski definition) is 3. The van der Waals surface area contributed by atoms with Crippen LogP contribution in [0.5, 0.6) is 0 Å². The van der Waals surface area contributed by atoms with Crippen molar-refractivity contribution >= 4 is 23.1 Å².